The van der Waals surface area contributed by atoms with E-state index in [1.54, 1.807) is 7.05 Å². The van der Waals surface area contributed by atoms with Gasteiger partial charge in [0, 0.05) is 20.0 Å². The third-order valence-electron chi connectivity index (χ3n) is 3.72. The minimum absolute atomic E-state index is 0.00328. The van der Waals surface area contributed by atoms with E-state index < -0.39 is 0 Å². The number of carbonyl (C=O) groups excluding carboxylic acids is 3. The highest BCUT2D eigenvalue weighted by Gasteiger charge is 2.15. The molecule has 2 atom stereocenters. The van der Waals surface area contributed by atoms with Crippen molar-refractivity contribution in [2.75, 3.05) is 20.1 Å². The SMILES string of the molecule is CNC(CCCCNC(C)=O)C(=O)NCCCC[C@H](N)C(C)=O. The van der Waals surface area contributed by atoms with E-state index in [2.05, 4.69) is 16.0 Å². The first-order valence-corrected chi connectivity index (χ1v) is 8.34. The number of carbonyl (C=O) groups is 3. The number of hydrogen-bond acceptors (Lipinski definition) is 5. The van der Waals surface area contributed by atoms with Crippen molar-refractivity contribution in [2.45, 2.75) is 64.5 Å². The summed E-state index contributed by atoms with van der Waals surface area (Å²) < 4.78 is 0. The van der Waals surface area contributed by atoms with E-state index in [0.717, 1.165) is 32.1 Å². The lowest BCUT2D eigenvalue weighted by Gasteiger charge is -2.16. The van der Waals surface area contributed by atoms with Crippen LogP contribution >= 0.6 is 0 Å². The predicted octanol–water partition coefficient (Wildman–Crippen LogP) is 0.0836. The zero-order valence-electron chi connectivity index (χ0n) is 14.6. The zero-order chi connectivity index (χ0) is 17.7. The lowest BCUT2D eigenvalue weighted by Crippen LogP contribution is -2.43. The van der Waals surface area contributed by atoms with E-state index in [-0.39, 0.29) is 29.7 Å². The van der Waals surface area contributed by atoms with Crippen LogP contribution in [0.4, 0.5) is 0 Å². The van der Waals surface area contributed by atoms with Crippen LogP contribution in [-0.4, -0.2) is 49.8 Å². The maximum atomic E-state index is 12.0. The fourth-order valence-electron chi connectivity index (χ4n) is 2.17. The first kappa shape index (κ1) is 21.5. The monoisotopic (exact) mass is 328 g/mol. The first-order chi connectivity index (χ1) is 10.9. The van der Waals surface area contributed by atoms with Gasteiger partial charge in [-0.2, -0.15) is 0 Å². The number of likely N-dealkylation sites (N-methyl/N-ethyl adjacent to an activating group) is 1. The van der Waals surface area contributed by atoms with Crippen LogP contribution < -0.4 is 21.7 Å². The largest absolute Gasteiger partial charge is 0.356 e. The van der Waals surface area contributed by atoms with Gasteiger partial charge in [0.1, 0.15) is 5.78 Å². The van der Waals surface area contributed by atoms with Gasteiger partial charge in [-0.1, -0.05) is 0 Å². The molecule has 5 N–H and O–H groups in total. The lowest BCUT2D eigenvalue weighted by molar-refractivity contribution is -0.123. The topological polar surface area (TPSA) is 113 Å². The number of ketones is 1. The standard InChI is InChI=1S/C16H32N4O3/c1-12(21)14(17)8-4-6-11-20-16(23)15(18-3)9-5-7-10-19-13(2)22/h14-15,18H,4-11,17H2,1-3H3,(H,19,22)(H,20,23)/t14-,15?/m0/s1. The van der Waals surface area contributed by atoms with Crippen molar-refractivity contribution in [1.82, 2.24) is 16.0 Å². The van der Waals surface area contributed by atoms with Gasteiger partial charge >= 0.3 is 0 Å². The third kappa shape index (κ3) is 11.7. The van der Waals surface area contributed by atoms with Crippen molar-refractivity contribution in [3.63, 3.8) is 0 Å². The molecule has 0 aromatic heterocycles. The van der Waals surface area contributed by atoms with E-state index in [1.807, 2.05) is 0 Å². The Balaban J connectivity index is 3.76. The number of rotatable bonds is 13. The fraction of sp³-hybridized carbons (Fsp3) is 0.812. The van der Waals surface area contributed by atoms with Crippen molar-refractivity contribution >= 4 is 17.6 Å². The minimum atomic E-state index is -0.389. The van der Waals surface area contributed by atoms with Crippen LogP contribution in [0.25, 0.3) is 0 Å². The highest BCUT2D eigenvalue weighted by Crippen LogP contribution is 2.02. The van der Waals surface area contributed by atoms with Crippen LogP contribution in [-0.2, 0) is 14.4 Å². The Morgan fingerprint density at radius 3 is 2.00 bits per heavy atom. The minimum Gasteiger partial charge on any atom is -0.356 e. The maximum Gasteiger partial charge on any atom is 0.237 e. The molecule has 7 nitrogen and oxygen atoms in total. The molecule has 0 aliphatic carbocycles. The summed E-state index contributed by atoms with van der Waals surface area (Å²) in [7, 11) is 1.77. The summed E-state index contributed by atoms with van der Waals surface area (Å²) in [5.74, 6) is -0.0381. The van der Waals surface area contributed by atoms with E-state index >= 15 is 0 Å². The molecule has 0 aliphatic rings. The molecule has 0 saturated carbocycles. The van der Waals surface area contributed by atoms with Crippen LogP contribution in [0.1, 0.15) is 52.4 Å². The van der Waals surface area contributed by atoms with Gasteiger partial charge in [-0.3, -0.25) is 14.4 Å². The van der Waals surface area contributed by atoms with Gasteiger partial charge < -0.3 is 21.7 Å². The Morgan fingerprint density at radius 1 is 0.913 bits per heavy atom. The summed E-state index contributed by atoms with van der Waals surface area (Å²) in [6.07, 6.45) is 4.75. The Hall–Kier alpha value is -1.47. The lowest BCUT2D eigenvalue weighted by atomic mass is 10.1. The van der Waals surface area contributed by atoms with Crippen LogP contribution in [0.2, 0.25) is 0 Å². The second-order valence-electron chi connectivity index (χ2n) is 5.82. The summed E-state index contributed by atoms with van der Waals surface area (Å²) in [6.45, 7) is 4.22. The molecule has 0 aromatic carbocycles. The molecule has 1 unspecified atom stereocenters. The molecule has 23 heavy (non-hydrogen) atoms. The molecule has 0 aliphatic heterocycles. The van der Waals surface area contributed by atoms with E-state index in [4.69, 9.17) is 5.73 Å². The van der Waals surface area contributed by atoms with E-state index in [0.29, 0.717) is 19.5 Å². The molecule has 7 heteroatoms. The summed E-state index contributed by atoms with van der Waals surface area (Å²) in [5, 5.41) is 8.65. The molecule has 0 heterocycles. The summed E-state index contributed by atoms with van der Waals surface area (Å²) in [4.78, 5) is 33.8. The van der Waals surface area contributed by atoms with Gasteiger partial charge in [-0.25, -0.2) is 0 Å². The van der Waals surface area contributed by atoms with Gasteiger partial charge in [0.25, 0.3) is 0 Å². The Morgan fingerprint density at radius 2 is 1.48 bits per heavy atom. The molecule has 0 saturated heterocycles. The van der Waals surface area contributed by atoms with Crippen molar-refractivity contribution < 1.29 is 14.4 Å². The van der Waals surface area contributed by atoms with Crippen molar-refractivity contribution in [2.24, 2.45) is 5.73 Å². The second kappa shape index (κ2) is 13.0. The van der Waals surface area contributed by atoms with Gasteiger partial charge in [0.05, 0.1) is 12.1 Å². The molecule has 0 rings (SSSR count). The zero-order valence-corrected chi connectivity index (χ0v) is 14.6. The normalized spacial score (nSPS) is 13.2. The molecule has 2 amide bonds. The van der Waals surface area contributed by atoms with Crippen molar-refractivity contribution in [3.05, 3.63) is 0 Å². The van der Waals surface area contributed by atoms with Crippen LogP contribution in [0.5, 0.6) is 0 Å². The number of nitrogens with one attached hydrogen (secondary N) is 3. The number of Topliss-reactive ketones (excluding diaryl/α,β-unsaturated/α-hetero) is 1. The maximum absolute atomic E-state index is 12.0. The number of unbranched alkanes of at least 4 members (excludes halogenated alkanes) is 2. The average molecular weight is 328 g/mol. The van der Waals surface area contributed by atoms with Crippen molar-refractivity contribution in [3.8, 4) is 0 Å². The first-order valence-electron chi connectivity index (χ1n) is 8.34. The van der Waals surface area contributed by atoms with Gasteiger partial charge in [-0.05, 0) is 52.5 Å². The van der Waals surface area contributed by atoms with Crippen LogP contribution in [0.3, 0.4) is 0 Å². The Bertz CT molecular complexity index is 374. The molecule has 0 bridgehead atoms. The molecule has 0 fully saturated rings. The van der Waals surface area contributed by atoms with Gasteiger partial charge in [-0.15, -0.1) is 0 Å². The number of hydrogen-bond donors (Lipinski definition) is 4. The van der Waals surface area contributed by atoms with Gasteiger partial charge in [0.15, 0.2) is 0 Å². The predicted molar refractivity (Wildman–Crippen MR) is 90.9 cm³/mol. The highest BCUT2D eigenvalue weighted by molar-refractivity contribution is 5.81. The number of nitrogens with two attached hydrogens (primary N) is 1. The third-order valence-corrected chi connectivity index (χ3v) is 3.72. The highest BCUT2D eigenvalue weighted by atomic mass is 16.2. The smallest absolute Gasteiger partial charge is 0.237 e. The molecular weight excluding hydrogens is 296 g/mol. The second-order valence-corrected chi connectivity index (χ2v) is 5.82. The van der Waals surface area contributed by atoms with Crippen LogP contribution in [0, 0.1) is 0 Å². The molecule has 134 valence electrons. The molecule has 0 aromatic rings. The van der Waals surface area contributed by atoms with E-state index in [9.17, 15) is 14.4 Å². The summed E-state index contributed by atoms with van der Waals surface area (Å²) >= 11 is 0. The fourth-order valence-corrected chi connectivity index (χ4v) is 2.17. The van der Waals surface area contributed by atoms with Gasteiger partial charge in [0.2, 0.25) is 11.8 Å². The van der Waals surface area contributed by atoms with Crippen molar-refractivity contribution in [1.29, 1.82) is 0 Å². The Kier molecular flexibility index (Phi) is 12.2. The molecular formula is C16H32N4O3. The quantitative estimate of drug-likeness (QED) is 0.358. The van der Waals surface area contributed by atoms with Crippen LogP contribution in [0.15, 0.2) is 0 Å². The Labute approximate surface area is 139 Å². The molecule has 0 radical (unpaired) electrons. The van der Waals surface area contributed by atoms with E-state index in [1.165, 1.54) is 13.8 Å². The summed E-state index contributed by atoms with van der Waals surface area (Å²) in [6, 6.07) is -0.605. The molecule has 0 spiro atoms. The number of amides is 2. The average Bonchev–Trinajstić information content (AvgIpc) is 2.49. The summed E-state index contributed by atoms with van der Waals surface area (Å²) in [5.41, 5.74) is 5.65.